The summed E-state index contributed by atoms with van der Waals surface area (Å²) < 4.78 is 14.4. The minimum absolute atomic E-state index is 0.376. The monoisotopic (exact) mass is 385 g/mol. The molecule has 1 fully saturated rings. The van der Waals surface area contributed by atoms with Gasteiger partial charge in [0.2, 0.25) is 0 Å². The van der Waals surface area contributed by atoms with Gasteiger partial charge in [0.05, 0.1) is 11.4 Å². The minimum Gasteiger partial charge on any atom is -0.356 e. The molecule has 1 aliphatic rings. The molecule has 1 aliphatic heterocycles. The number of hydrogen-bond donors (Lipinski definition) is 0. The Hall–Kier alpha value is -2.47. The Morgan fingerprint density at radius 1 is 0.963 bits per heavy atom. The summed E-state index contributed by atoms with van der Waals surface area (Å²) in [6, 6.07) is 11.5. The molecule has 7 heteroatoms. The van der Waals surface area contributed by atoms with Gasteiger partial charge >= 0.3 is 0 Å². The molecule has 0 spiro atoms. The number of piperidine rings is 1. The quantitative estimate of drug-likeness (QED) is 0.654. The molecule has 4 rings (SSSR count). The van der Waals surface area contributed by atoms with Crippen LogP contribution in [0.15, 0.2) is 42.6 Å². The molecule has 27 heavy (non-hydrogen) atoms. The van der Waals surface area contributed by atoms with Crippen molar-refractivity contribution in [1.29, 1.82) is 0 Å². The molecule has 0 radical (unpaired) electrons. The van der Waals surface area contributed by atoms with Crippen LogP contribution in [0.4, 0.5) is 10.2 Å². The fraction of sp³-hybridized carbons (Fsp3) is 0.350. The number of nitrogens with zero attached hydrogens (tertiary/aromatic N) is 5. The molecule has 0 unspecified atom stereocenters. The van der Waals surface area contributed by atoms with E-state index < -0.39 is 6.67 Å². The summed E-state index contributed by atoms with van der Waals surface area (Å²) in [4.78, 5) is 11.7. The van der Waals surface area contributed by atoms with E-state index in [9.17, 15) is 4.39 Å². The van der Waals surface area contributed by atoms with Crippen molar-refractivity contribution < 1.29 is 4.39 Å². The summed E-state index contributed by atoms with van der Waals surface area (Å²) in [5, 5.41) is 4.94. The predicted molar refractivity (Wildman–Crippen MR) is 104 cm³/mol. The van der Waals surface area contributed by atoms with Crippen LogP contribution in [0.2, 0.25) is 5.02 Å². The summed E-state index contributed by atoms with van der Waals surface area (Å²) in [7, 11) is 0. The Labute approximate surface area is 162 Å². The van der Waals surface area contributed by atoms with Gasteiger partial charge in [-0.05, 0) is 43.0 Å². The molecule has 1 aromatic carbocycles. The first-order chi connectivity index (χ1) is 13.2. The summed E-state index contributed by atoms with van der Waals surface area (Å²) in [6.07, 6.45) is 5.96. The van der Waals surface area contributed by atoms with Gasteiger partial charge in [0, 0.05) is 36.8 Å². The van der Waals surface area contributed by atoms with Gasteiger partial charge in [-0.1, -0.05) is 23.7 Å². The number of rotatable bonds is 5. The number of alkyl halides is 1. The van der Waals surface area contributed by atoms with Crippen LogP contribution in [0.3, 0.4) is 0 Å². The second kappa shape index (κ2) is 8.05. The largest absolute Gasteiger partial charge is 0.356 e. The fourth-order valence-corrected chi connectivity index (χ4v) is 3.43. The number of halogens is 2. The predicted octanol–water partition coefficient (Wildman–Crippen LogP) is 4.37. The molecule has 3 heterocycles. The van der Waals surface area contributed by atoms with Crippen LogP contribution in [0, 0.1) is 0 Å². The average Bonchev–Trinajstić information content (AvgIpc) is 3.20. The molecule has 0 aliphatic carbocycles. The van der Waals surface area contributed by atoms with E-state index in [0.29, 0.717) is 23.1 Å². The molecule has 0 amide bonds. The van der Waals surface area contributed by atoms with Gasteiger partial charge in [-0.25, -0.2) is 14.1 Å². The number of anilines is 1. The van der Waals surface area contributed by atoms with E-state index >= 15 is 0 Å². The van der Waals surface area contributed by atoms with Gasteiger partial charge in [0.25, 0.3) is 5.95 Å². The van der Waals surface area contributed by atoms with E-state index in [-0.39, 0.29) is 0 Å². The van der Waals surface area contributed by atoms with Crippen LogP contribution >= 0.6 is 11.6 Å². The Morgan fingerprint density at radius 2 is 1.74 bits per heavy atom. The van der Waals surface area contributed by atoms with Crippen molar-refractivity contribution in [3.63, 3.8) is 0 Å². The van der Waals surface area contributed by atoms with E-state index in [2.05, 4.69) is 15.0 Å². The minimum atomic E-state index is -0.601. The lowest BCUT2D eigenvalue weighted by Crippen LogP contribution is -2.30. The second-order valence-electron chi connectivity index (χ2n) is 6.75. The average molecular weight is 386 g/mol. The normalized spacial score (nSPS) is 14.5. The summed E-state index contributed by atoms with van der Waals surface area (Å²) in [5.41, 5.74) is 2.40. The molecule has 2 aromatic heterocycles. The highest BCUT2D eigenvalue weighted by atomic mass is 35.5. The van der Waals surface area contributed by atoms with E-state index in [0.717, 1.165) is 30.2 Å². The van der Waals surface area contributed by atoms with Crippen LogP contribution in [0.5, 0.6) is 0 Å². The highest BCUT2D eigenvalue weighted by Gasteiger charge is 2.16. The molecule has 1 saturated heterocycles. The molecule has 0 N–H and O–H groups in total. The first-order valence-electron chi connectivity index (χ1n) is 9.19. The summed E-state index contributed by atoms with van der Waals surface area (Å²) in [6.45, 7) is 1.38. The molecular weight excluding hydrogens is 365 g/mol. The third-order valence-corrected chi connectivity index (χ3v) is 4.97. The van der Waals surface area contributed by atoms with E-state index in [1.165, 1.54) is 19.3 Å². The van der Waals surface area contributed by atoms with Gasteiger partial charge < -0.3 is 4.90 Å². The topological polar surface area (TPSA) is 46.8 Å². The number of aromatic nitrogens is 4. The van der Waals surface area contributed by atoms with Crippen LogP contribution in [0.1, 0.15) is 36.2 Å². The maximum Gasteiger partial charge on any atom is 0.252 e. The van der Waals surface area contributed by atoms with Crippen molar-refractivity contribution in [3.05, 3.63) is 64.6 Å². The molecule has 0 bridgehead atoms. The highest BCUT2D eigenvalue weighted by Crippen LogP contribution is 2.21. The smallest absolute Gasteiger partial charge is 0.252 e. The molecule has 0 atom stereocenters. The summed E-state index contributed by atoms with van der Waals surface area (Å²) >= 11 is 5.99. The molecular formula is C20H21ClFN5. The summed E-state index contributed by atoms with van der Waals surface area (Å²) in [5.74, 6) is 1.38. The lowest BCUT2D eigenvalue weighted by atomic mass is 10.1. The molecule has 140 valence electrons. The third kappa shape index (κ3) is 4.27. The lowest BCUT2D eigenvalue weighted by Gasteiger charge is -2.28. The van der Waals surface area contributed by atoms with Gasteiger partial charge in [-0.3, -0.25) is 0 Å². The van der Waals surface area contributed by atoms with Gasteiger partial charge in [0.15, 0.2) is 0 Å². The fourth-order valence-electron chi connectivity index (χ4n) is 3.30. The number of hydrogen-bond acceptors (Lipinski definition) is 4. The Bertz CT molecular complexity index is 903. The van der Waals surface area contributed by atoms with Crippen LogP contribution < -0.4 is 4.90 Å². The van der Waals surface area contributed by atoms with Crippen molar-refractivity contribution in [1.82, 2.24) is 19.7 Å². The molecule has 0 saturated carbocycles. The Balaban J connectivity index is 1.69. The van der Waals surface area contributed by atoms with Crippen molar-refractivity contribution in [2.75, 3.05) is 18.0 Å². The van der Waals surface area contributed by atoms with Gasteiger partial charge in [-0.2, -0.15) is 10.1 Å². The first-order valence-corrected chi connectivity index (χ1v) is 9.57. The van der Waals surface area contributed by atoms with Crippen molar-refractivity contribution >= 4 is 17.4 Å². The molecule has 3 aromatic rings. The SMILES string of the molecule is FCc1ccn(-c2nc(Cc3ccc(Cl)cc3)cc(N3CCCCC3)n2)n1. The van der Waals surface area contributed by atoms with Gasteiger partial charge in [0.1, 0.15) is 12.5 Å². The third-order valence-electron chi connectivity index (χ3n) is 4.72. The Morgan fingerprint density at radius 3 is 2.44 bits per heavy atom. The van der Waals surface area contributed by atoms with E-state index in [1.54, 1.807) is 16.9 Å². The van der Waals surface area contributed by atoms with Gasteiger partial charge in [-0.15, -0.1) is 0 Å². The zero-order valence-electron chi connectivity index (χ0n) is 15.0. The van der Waals surface area contributed by atoms with Crippen molar-refractivity contribution in [2.24, 2.45) is 0 Å². The second-order valence-corrected chi connectivity index (χ2v) is 7.19. The zero-order chi connectivity index (χ0) is 18.6. The molecule has 5 nitrogen and oxygen atoms in total. The van der Waals surface area contributed by atoms with Crippen LogP contribution in [-0.2, 0) is 13.1 Å². The van der Waals surface area contributed by atoms with Crippen molar-refractivity contribution in [2.45, 2.75) is 32.4 Å². The van der Waals surface area contributed by atoms with Crippen molar-refractivity contribution in [3.8, 4) is 5.95 Å². The Kier molecular flexibility index (Phi) is 5.34. The van der Waals surface area contributed by atoms with E-state index in [4.69, 9.17) is 16.6 Å². The van der Waals surface area contributed by atoms with E-state index in [1.807, 2.05) is 30.3 Å². The highest BCUT2D eigenvalue weighted by molar-refractivity contribution is 6.30. The van der Waals surface area contributed by atoms with Crippen LogP contribution in [0.25, 0.3) is 5.95 Å². The maximum absolute atomic E-state index is 12.9. The first kappa shape index (κ1) is 17.9. The number of benzene rings is 1. The van der Waals surface area contributed by atoms with Crippen LogP contribution in [-0.4, -0.2) is 32.8 Å². The standard InChI is InChI=1S/C20H21ClFN5/c21-16-6-4-15(5-7-16)12-18-13-19(26-9-2-1-3-10-26)24-20(23-18)27-11-8-17(14-22)25-27/h4-8,11,13H,1-3,9-10,12,14H2. The lowest BCUT2D eigenvalue weighted by molar-refractivity contribution is 0.472. The maximum atomic E-state index is 12.9. The zero-order valence-corrected chi connectivity index (χ0v) is 15.7.